The van der Waals surface area contributed by atoms with Crippen LogP contribution in [0.2, 0.25) is 0 Å². The van der Waals surface area contributed by atoms with Crippen LogP contribution in [0, 0.1) is 0 Å². The van der Waals surface area contributed by atoms with E-state index in [1.54, 1.807) is 6.92 Å². The number of halogens is 2. The first-order chi connectivity index (χ1) is 7.62. The van der Waals surface area contributed by atoms with Gasteiger partial charge in [0.2, 0.25) is 0 Å². The summed E-state index contributed by atoms with van der Waals surface area (Å²) in [5.74, 6) is 0.290. The number of carbonyl (C=O) groups is 2. The first-order valence-corrected chi connectivity index (χ1v) is 5.55. The van der Waals surface area contributed by atoms with Crippen LogP contribution in [-0.4, -0.2) is 35.0 Å². The van der Waals surface area contributed by atoms with Crippen LogP contribution in [0.15, 0.2) is 12.2 Å². The first kappa shape index (κ1) is 26.5. The number of rotatable bonds is 7. The van der Waals surface area contributed by atoms with E-state index in [1.165, 1.54) is 12.2 Å². The van der Waals surface area contributed by atoms with Gasteiger partial charge in [-0.2, -0.15) is 0 Å². The van der Waals surface area contributed by atoms with E-state index in [2.05, 4.69) is 0 Å². The number of hydrogen-bond acceptors (Lipinski definition) is 4. The summed E-state index contributed by atoms with van der Waals surface area (Å²) < 4.78 is 0. The Bertz CT molecular complexity index is 218. The highest BCUT2D eigenvalue weighted by Crippen LogP contribution is 1.91. The number of Topliss-reactive ketones (excluding diaryl/α,β-unsaturated/α-hetero) is 1. The fourth-order valence-electron chi connectivity index (χ4n) is 0.755. The van der Waals surface area contributed by atoms with Crippen molar-refractivity contribution in [2.24, 2.45) is 0 Å². The van der Waals surface area contributed by atoms with Crippen molar-refractivity contribution in [3.8, 4) is 0 Å². The first-order valence-electron chi connectivity index (χ1n) is 5.55. The standard InChI is InChI=1S/C6H12O2.C6H10O2.2BrH/c2*1-2-6(8)4-3-5-7;;/h7H,2-5H2,1H3;3-4,7H,2,5H2,1H3;2*1H/b;4-3+;;. The van der Waals surface area contributed by atoms with E-state index in [0.717, 1.165) is 0 Å². The number of carbonyl (C=O) groups excluding carboxylic acids is 2. The molecule has 0 aliphatic rings. The molecular formula is C12H24Br2O4. The fourth-order valence-corrected chi connectivity index (χ4v) is 0.755. The Morgan fingerprint density at radius 2 is 1.61 bits per heavy atom. The summed E-state index contributed by atoms with van der Waals surface area (Å²) in [6.45, 7) is 3.70. The highest BCUT2D eigenvalue weighted by Gasteiger charge is 1.94. The summed E-state index contributed by atoms with van der Waals surface area (Å²) in [5, 5.41) is 16.4. The number of allylic oxidation sites excluding steroid dienone is 1. The van der Waals surface area contributed by atoms with Crippen LogP contribution in [0.4, 0.5) is 0 Å². The van der Waals surface area contributed by atoms with Gasteiger partial charge in [0.1, 0.15) is 5.78 Å². The Morgan fingerprint density at radius 1 is 1.06 bits per heavy atom. The van der Waals surface area contributed by atoms with Gasteiger partial charge in [-0.3, -0.25) is 9.59 Å². The number of hydrogen-bond donors (Lipinski definition) is 2. The third-order valence-electron chi connectivity index (χ3n) is 1.77. The van der Waals surface area contributed by atoms with Crippen LogP contribution in [0.3, 0.4) is 0 Å². The Labute approximate surface area is 130 Å². The minimum absolute atomic E-state index is 0. The lowest BCUT2D eigenvalue weighted by atomic mass is 10.2. The molecule has 0 aromatic rings. The number of ketones is 2. The van der Waals surface area contributed by atoms with E-state index in [-0.39, 0.29) is 58.7 Å². The SMILES string of the molecule is Br.Br.CCC(=O)/C=C/CO.CCC(=O)CCCO. The van der Waals surface area contributed by atoms with Crippen LogP contribution in [0.5, 0.6) is 0 Å². The van der Waals surface area contributed by atoms with E-state index >= 15 is 0 Å². The number of aliphatic hydroxyl groups is 2. The summed E-state index contributed by atoms with van der Waals surface area (Å²) in [6, 6.07) is 0. The average molecular weight is 392 g/mol. The van der Waals surface area contributed by atoms with Gasteiger partial charge >= 0.3 is 0 Å². The van der Waals surface area contributed by atoms with E-state index in [9.17, 15) is 9.59 Å². The van der Waals surface area contributed by atoms with Gasteiger partial charge in [0.15, 0.2) is 5.78 Å². The van der Waals surface area contributed by atoms with Crippen LogP contribution in [-0.2, 0) is 9.59 Å². The number of aliphatic hydroxyl groups excluding tert-OH is 2. The summed E-state index contributed by atoms with van der Waals surface area (Å²) in [6.07, 6.45) is 5.09. The van der Waals surface area contributed by atoms with Crippen LogP contribution >= 0.6 is 34.0 Å². The molecule has 0 fully saturated rings. The van der Waals surface area contributed by atoms with Crippen molar-refractivity contribution in [3.05, 3.63) is 12.2 Å². The van der Waals surface area contributed by atoms with Gasteiger partial charge in [-0.15, -0.1) is 34.0 Å². The molecule has 0 radical (unpaired) electrons. The zero-order valence-corrected chi connectivity index (χ0v) is 14.4. The normalized spacial score (nSPS) is 8.67. The zero-order valence-electron chi connectivity index (χ0n) is 10.9. The lowest BCUT2D eigenvalue weighted by molar-refractivity contribution is -0.119. The van der Waals surface area contributed by atoms with Crippen molar-refractivity contribution in [3.63, 3.8) is 0 Å². The molecule has 0 saturated carbocycles. The molecule has 4 nitrogen and oxygen atoms in total. The molecule has 0 aliphatic heterocycles. The van der Waals surface area contributed by atoms with Gasteiger partial charge < -0.3 is 10.2 Å². The zero-order chi connectivity index (χ0) is 12.8. The molecular weight excluding hydrogens is 368 g/mol. The molecule has 2 N–H and O–H groups in total. The monoisotopic (exact) mass is 390 g/mol. The van der Waals surface area contributed by atoms with Crippen LogP contribution < -0.4 is 0 Å². The van der Waals surface area contributed by atoms with Crippen molar-refractivity contribution in [1.82, 2.24) is 0 Å². The molecule has 0 rings (SSSR count). The maximum Gasteiger partial charge on any atom is 0.155 e. The highest BCUT2D eigenvalue weighted by molar-refractivity contribution is 8.93. The second-order valence-corrected chi connectivity index (χ2v) is 3.12. The maximum absolute atomic E-state index is 10.5. The largest absolute Gasteiger partial charge is 0.396 e. The third-order valence-corrected chi connectivity index (χ3v) is 1.77. The van der Waals surface area contributed by atoms with Gasteiger partial charge in [-0.05, 0) is 12.5 Å². The quantitative estimate of drug-likeness (QED) is 0.653. The van der Waals surface area contributed by atoms with E-state index in [0.29, 0.717) is 25.7 Å². The Kier molecular flexibility index (Phi) is 32.6. The summed E-state index contributed by atoms with van der Waals surface area (Å²) in [4.78, 5) is 20.8. The van der Waals surface area contributed by atoms with Gasteiger partial charge in [-0.1, -0.05) is 19.9 Å². The molecule has 0 aliphatic carbocycles. The second-order valence-electron chi connectivity index (χ2n) is 3.12. The lowest BCUT2D eigenvalue weighted by Gasteiger charge is -1.90. The summed E-state index contributed by atoms with van der Waals surface area (Å²) in [5.41, 5.74) is 0. The Hall–Kier alpha value is -0.0400. The van der Waals surface area contributed by atoms with Gasteiger partial charge in [0.05, 0.1) is 6.61 Å². The third kappa shape index (κ3) is 25.0. The van der Waals surface area contributed by atoms with E-state index in [1.807, 2.05) is 6.92 Å². The van der Waals surface area contributed by atoms with Crippen molar-refractivity contribution in [2.75, 3.05) is 13.2 Å². The second kappa shape index (κ2) is 22.2. The fraction of sp³-hybridized carbons (Fsp3) is 0.667. The molecule has 0 atom stereocenters. The Morgan fingerprint density at radius 3 is 1.94 bits per heavy atom. The molecule has 0 unspecified atom stereocenters. The van der Waals surface area contributed by atoms with E-state index < -0.39 is 0 Å². The molecule has 18 heavy (non-hydrogen) atoms. The van der Waals surface area contributed by atoms with Crippen LogP contribution in [0.1, 0.15) is 39.5 Å². The van der Waals surface area contributed by atoms with Crippen molar-refractivity contribution < 1.29 is 19.8 Å². The van der Waals surface area contributed by atoms with E-state index in [4.69, 9.17) is 10.2 Å². The predicted molar refractivity (Wildman–Crippen MR) is 83.8 cm³/mol. The van der Waals surface area contributed by atoms with Gasteiger partial charge in [0, 0.05) is 25.9 Å². The van der Waals surface area contributed by atoms with Crippen molar-refractivity contribution >= 4 is 45.5 Å². The minimum atomic E-state index is -0.0499. The molecule has 0 aromatic carbocycles. The Balaban J connectivity index is -0.0000000980. The lowest BCUT2D eigenvalue weighted by Crippen LogP contribution is -1.95. The van der Waals surface area contributed by atoms with Crippen molar-refractivity contribution in [2.45, 2.75) is 39.5 Å². The van der Waals surface area contributed by atoms with Crippen molar-refractivity contribution in [1.29, 1.82) is 0 Å². The maximum atomic E-state index is 10.5. The molecule has 0 heterocycles. The topological polar surface area (TPSA) is 74.6 Å². The smallest absolute Gasteiger partial charge is 0.155 e. The van der Waals surface area contributed by atoms with Gasteiger partial charge in [0.25, 0.3) is 0 Å². The summed E-state index contributed by atoms with van der Waals surface area (Å²) in [7, 11) is 0. The molecule has 0 spiro atoms. The molecule has 0 bridgehead atoms. The van der Waals surface area contributed by atoms with Crippen LogP contribution in [0.25, 0.3) is 0 Å². The summed E-state index contributed by atoms with van der Waals surface area (Å²) >= 11 is 0. The minimum Gasteiger partial charge on any atom is -0.396 e. The molecule has 0 amide bonds. The molecule has 110 valence electrons. The average Bonchev–Trinajstić information content (AvgIpc) is 2.33. The predicted octanol–water partition coefficient (Wildman–Crippen LogP) is 2.41. The molecule has 0 aromatic heterocycles. The molecule has 6 heteroatoms. The molecule has 0 saturated heterocycles. The van der Waals surface area contributed by atoms with Gasteiger partial charge in [-0.25, -0.2) is 0 Å². The highest BCUT2D eigenvalue weighted by atomic mass is 79.9.